The summed E-state index contributed by atoms with van der Waals surface area (Å²) in [4.78, 5) is 2.45. The van der Waals surface area contributed by atoms with E-state index in [-0.39, 0.29) is 6.04 Å². The summed E-state index contributed by atoms with van der Waals surface area (Å²) in [5, 5.41) is 12.7. The van der Waals surface area contributed by atoms with Gasteiger partial charge in [-0.1, -0.05) is 48.5 Å². The molecule has 33 heavy (non-hydrogen) atoms. The molecule has 1 unspecified atom stereocenters. The number of para-hydroxylation sites is 1. The number of aromatic nitrogens is 2. The molecule has 2 N–H and O–H groups in total. The number of thiocarbonyl (C=S) groups is 1. The molecule has 2 aliphatic rings. The number of anilines is 1. The van der Waals surface area contributed by atoms with Crippen molar-refractivity contribution < 1.29 is 4.74 Å². The first-order valence-electron chi connectivity index (χ1n) is 11.7. The summed E-state index contributed by atoms with van der Waals surface area (Å²) in [6.07, 6.45) is 3.21. The number of likely N-dealkylation sites (tertiary alicyclic amines) is 1. The quantitative estimate of drug-likeness (QED) is 0.523. The van der Waals surface area contributed by atoms with Crippen LogP contribution in [0.15, 0.2) is 60.7 Å². The Labute approximate surface area is 200 Å². The van der Waals surface area contributed by atoms with Gasteiger partial charge in [0.05, 0.1) is 18.0 Å². The fourth-order valence-electron chi connectivity index (χ4n) is 5.06. The number of rotatable bonds is 7. The van der Waals surface area contributed by atoms with Crippen LogP contribution in [0.4, 0.5) is 5.82 Å². The largest absolute Gasteiger partial charge is 0.383 e. The number of benzene rings is 2. The van der Waals surface area contributed by atoms with Crippen LogP contribution in [0, 0.1) is 0 Å². The lowest BCUT2D eigenvalue weighted by Crippen LogP contribution is -2.42. The fourth-order valence-corrected chi connectivity index (χ4v) is 5.31. The van der Waals surface area contributed by atoms with Gasteiger partial charge in [-0.2, -0.15) is 5.10 Å². The van der Waals surface area contributed by atoms with Crippen molar-refractivity contribution >= 4 is 23.1 Å². The number of ether oxygens (including phenoxy) is 1. The first-order chi connectivity index (χ1) is 16.2. The van der Waals surface area contributed by atoms with E-state index in [9.17, 15) is 0 Å². The molecular weight excluding hydrogens is 430 g/mol. The Morgan fingerprint density at radius 1 is 1.06 bits per heavy atom. The fraction of sp³-hybridized carbons (Fsp3) is 0.385. The van der Waals surface area contributed by atoms with Gasteiger partial charge in [-0.15, -0.1) is 0 Å². The zero-order valence-corrected chi connectivity index (χ0v) is 19.9. The molecule has 2 heterocycles. The minimum atomic E-state index is 0.227. The van der Waals surface area contributed by atoms with Crippen LogP contribution in [-0.2, 0) is 17.6 Å². The summed E-state index contributed by atoms with van der Waals surface area (Å²) >= 11 is 5.84. The Kier molecular flexibility index (Phi) is 6.71. The minimum Gasteiger partial charge on any atom is -0.383 e. The third kappa shape index (κ3) is 4.81. The predicted octanol–water partition coefficient (Wildman–Crippen LogP) is 3.76. The Morgan fingerprint density at radius 2 is 1.82 bits per heavy atom. The number of aryl methyl sites for hydroxylation is 1. The topological polar surface area (TPSA) is 54.4 Å². The van der Waals surface area contributed by atoms with Gasteiger partial charge in [-0.25, -0.2) is 4.68 Å². The summed E-state index contributed by atoms with van der Waals surface area (Å²) in [5.74, 6) is 1.37. The second-order valence-corrected chi connectivity index (χ2v) is 9.26. The van der Waals surface area contributed by atoms with Crippen LogP contribution >= 0.6 is 12.2 Å². The molecule has 1 aromatic heterocycles. The number of fused-ring (bicyclic) bond motifs is 1. The molecule has 1 fully saturated rings. The Hall–Kier alpha value is -2.74. The van der Waals surface area contributed by atoms with Gasteiger partial charge in [0, 0.05) is 44.3 Å². The predicted molar refractivity (Wildman–Crippen MR) is 136 cm³/mol. The van der Waals surface area contributed by atoms with E-state index < -0.39 is 0 Å². The van der Waals surface area contributed by atoms with E-state index in [1.807, 2.05) is 22.9 Å². The van der Waals surface area contributed by atoms with Crippen LogP contribution in [0.5, 0.6) is 0 Å². The summed E-state index contributed by atoms with van der Waals surface area (Å²) in [7, 11) is 1.76. The van der Waals surface area contributed by atoms with E-state index in [0.717, 1.165) is 57.0 Å². The molecule has 1 aliphatic carbocycles. The molecule has 172 valence electrons. The molecule has 1 saturated heterocycles. The lowest BCUT2D eigenvalue weighted by Gasteiger charge is -2.23. The van der Waals surface area contributed by atoms with Crippen molar-refractivity contribution in [2.24, 2.45) is 0 Å². The molecule has 1 aliphatic heterocycles. The first-order valence-corrected chi connectivity index (χ1v) is 12.1. The highest BCUT2D eigenvalue weighted by Gasteiger charge is 2.34. The van der Waals surface area contributed by atoms with Gasteiger partial charge in [-0.05, 0) is 49.2 Å². The molecule has 3 aromatic rings. The van der Waals surface area contributed by atoms with E-state index in [2.05, 4.69) is 58.0 Å². The number of hydrogen-bond acceptors (Lipinski definition) is 4. The van der Waals surface area contributed by atoms with E-state index in [1.165, 1.54) is 16.8 Å². The SMILES string of the molecule is COCCN1CC(NC(=S)Nc2c3c(nn2-c2ccccc2)CCC3)[C@H](c2ccccc2)C1. The van der Waals surface area contributed by atoms with Crippen molar-refractivity contribution in [1.82, 2.24) is 20.0 Å². The van der Waals surface area contributed by atoms with Crippen molar-refractivity contribution in [2.45, 2.75) is 31.2 Å². The van der Waals surface area contributed by atoms with Crippen LogP contribution in [0.2, 0.25) is 0 Å². The molecule has 0 radical (unpaired) electrons. The molecule has 5 rings (SSSR count). The molecule has 0 bridgehead atoms. The third-order valence-corrected chi connectivity index (χ3v) is 6.91. The van der Waals surface area contributed by atoms with Crippen LogP contribution in [0.3, 0.4) is 0 Å². The van der Waals surface area contributed by atoms with E-state index in [0.29, 0.717) is 11.0 Å². The number of nitrogens with one attached hydrogen (secondary N) is 2. The lowest BCUT2D eigenvalue weighted by atomic mass is 9.94. The zero-order chi connectivity index (χ0) is 22.6. The zero-order valence-electron chi connectivity index (χ0n) is 19.0. The second kappa shape index (κ2) is 10.0. The van der Waals surface area contributed by atoms with E-state index in [1.54, 1.807) is 7.11 Å². The van der Waals surface area contributed by atoms with Gasteiger partial charge >= 0.3 is 0 Å². The Bertz CT molecular complexity index is 1080. The Balaban J connectivity index is 1.35. The average Bonchev–Trinajstić information content (AvgIpc) is 3.55. The van der Waals surface area contributed by atoms with Gasteiger partial charge in [0.2, 0.25) is 0 Å². The highest BCUT2D eigenvalue weighted by atomic mass is 32.1. The maximum atomic E-state index is 5.84. The van der Waals surface area contributed by atoms with E-state index >= 15 is 0 Å². The van der Waals surface area contributed by atoms with Crippen molar-refractivity contribution in [3.8, 4) is 5.69 Å². The molecule has 0 saturated carbocycles. The molecular formula is C26H31N5OS. The highest BCUT2D eigenvalue weighted by molar-refractivity contribution is 7.80. The molecule has 0 amide bonds. The minimum absolute atomic E-state index is 0.227. The number of hydrogen-bond donors (Lipinski definition) is 2. The van der Waals surface area contributed by atoms with Crippen LogP contribution in [0.25, 0.3) is 5.69 Å². The molecule has 2 atom stereocenters. The molecule has 0 spiro atoms. The van der Waals surface area contributed by atoms with Crippen LogP contribution in [-0.4, -0.2) is 59.2 Å². The monoisotopic (exact) mass is 461 g/mol. The van der Waals surface area contributed by atoms with Crippen molar-refractivity contribution in [3.05, 3.63) is 77.5 Å². The lowest BCUT2D eigenvalue weighted by molar-refractivity contribution is 0.159. The first kappa shape index (κ1) is 22.1. The highest BCUT2D eigenvalue weighted by Crippen LogP contribution is 2.31. The van der Waals surface area contributed by atoms with Gasteiger partial charge in [0.1, 0.15) is 5.82 Å². The molecule has 2 aromatic carbocycles. The van der Waals surface area contributed by atoms with Crippen molar-refractivity contribution in [3.63, 3.8) is 0 Å². The van der Waals surface area contributed by atoms with Gasteiger partial charge < -0.3 is 15.4 Å². The standard InChI is InChI=1S/C26H31N5OS/c1-32-16-15-30-17-22(19-9-4-2-5-10-19)24(18-30)27-26(33)28-25-21-13-8-14-23(21)29-31(25)20-11-6-3-7-12-20/h2-7,9-12,22,24H,8,13-18H2,1H3,(H2,27,28,33)/t22-,24?/m0/s1. The van der Waals surface area contributed by atoms with Crippen molar-refractivity contribution in [2.75, 3.05) is 38.7 Å². The normalized spacial score (nSPS) is 20.0. The third-order valence-electron chi connectivity index (χ3n) is 6.69. The average molecular weight is 462 g/mol. The second-order valence-electron chi connectivity index (χ2n) is 8.85. The van der Waals surface area contributed by atoms with Crippen LogP contribution < -0.4 is 10.6 Å². The van der Waals surface area contributed by atoms with Gasteiger partial charge in [-0.3, -0.25) is 4.90 Å². The Morgan fingerprint density at radius 3 is 2.58 bits per heavy atom. The summed E-state index contributed by atoms with van der Waals surface area (Å²) in [5.41, 5.74) is 4.85. The van der Waals surface area contributed by atoms with E-state index in [4.69, 9.17) is 22.1 Å². The summed E-state index contributed by atoms with van der Waals surface area (Å²) < 4.78 is 7.33. The number of methoxy groups -OCH3 is 1. The van der Waals surface area contributed by atoms with Gasteiger partial charge in [0.15, 0.2) is 5.11 Å². The number of nitrogens with zero attached hydrogens (tertiary/aromatic N) is 3. The molecule has 6 nitrogen and oxygen atoms in total. The maximum Gasteiger partial charge on any atom is 0.172 e. The smallest absolute Gasteiger partial charge is 0.172 e. The molecule has 7 heteroatoms. The summed E-state index contributed by atoms with van der Waals surface area (Å²) in [6, 6.07) is 21.2. The van der Waals surface area contributed by atoms with Gasteiger partial charge in [0.25, 0.3) is 0 Å². The summed E-state index contributed by atoms with van der Waals surface area (Å²) in [6.45, 7) is 3.58. The van der Waals surface area contributed by atoms with Crippen molar-refractivity contribution in [1.29, 1.82) is 0 Å². The van der Waals surface area contributed by atoms with Crippen LogP contribution in [0.1, 0.15) is 29.2 Å². The maximum absolute atomic E-state index is 5.84.